The van der Waals surface area contributed by atoms with Gasteiger partial charge in [-0.15, -0.1) is 11.3 Å². The normalized spacial score (nSPS) is 21.4. The molecule has 2 rings (SSSR count). The molecule has 1 saturated heterocycles. The van der Waals surface area contributed by atoms with Crippen molar-refractivity contribution in [2.75, 3.05) is 18.0 Å². The fourth-order valence-electron chi connectivity index (χ4n) is 2.14. The average Bonchev–Trinajstić information content (AvgIpc) is 2.75. The number of nitrogens with one attached hydrogen (secondary N) is 1. The molecule has 1 N–H and O–H groups in total. The average molecular weight is 239 g/mol. The first-order valence-electron chi connectivity index (χ1n) is 6.23. The second-order valence-electron chi connectivity index (χ2n) is 4.43. The van der Waals surface area contributed by atoms with Crippen LogP contribution in [0.2, 0.25) is 0 Å². The summed E-state index contributed by atoms with van der Waals surface area (Å²) in [6.45, 7) is 7.60. The third-order valence-corrected chi connectivity index (χ3v) is 4.17. The standard InChI is InChI=1S/C12H21N3S/c1-3-13-8-11-9-14-12(16-11)15-7-5-4-6-10(15)2/h9-10,13H,3-8H2,1-2H3. The fourth-order valence-corrected chi connectivity index (χ4v) is 3.15. The Morgan fingerprint density at radius 3 is 3.19 bits per heavy atom. The summed E-state index contributed by atoms with van der Waals surface area (Å²) >= 11 is 1.84. The van der Waals surface area contributed by atoms with Crippen molar-refractivity contribution in [1.29, 1.82) is 0 Å². The highest BCUT2D eigenvalue weighted by Crippen LogP contribution is 2.28. The van der Waals surface area contributed by atoms with Gasteiger partial charge in [-0.3, -0.25) is 0 Å². The molecule has 1 aromatic heterocycles. The molecule has 0 radical (unpaired) electrons. The summed E-state index contributed by atoms with van der Waals surface area (Å²) < 4.78 is 0. The lowest BCUT2D eigenvalue weighted by atomic mass is 10.1. The maximum atomic E-state index is 4.55. The highest BCUT2D eigenvalue weighted by atomic mass is 32.1. The predicted octanol–water partition coefficient (Wildman–Crippen LogP) is 2.63. The number of aromatic nitrogens is 1. The van der Waals surface area contributed by atoms with E-state index in [2.05, 4.69) is 29.0 Å². The molecule has 1 aliphatic heterocycles. The molecule has 1 atom stereocenters. The van der Waals surface area contributed by atoms with E-state index in [1.54, 1.807) is 0 Å². The molecular formula is C12H21N3S. The Balaban J connectivity index is 1.99. The maximum absolute atomic E-state index is 4.55. The van der Waals surface area contributed by atoms with Crippen LogP contribution < -0.4 is 10.2 Å². The van der Waals surface area contributed by atoms with Gasteiger partial charge in [-0.2, -0.15) is 0 Å². The van der Waals surface area contributed by atoms with E-state index in [1.165, 1.54) is 35.8 Å². The molecule has 1 fully saturated rings. The van der Waals surface area contributed by atoms with Crippen LogP contribution in [0.25, 0.3) is 0 Å². The molecule has 0 saturated carbocycles. The van der Waals surface area contributed by atoms with Gasteiger partial charge in [0.15, 0.2) is 5.13 Å². The lowest BCUT2D eigenvalue weighted by molar-refractivity contribution is 0.484. The third kappa shape index (κ3) is 2.74. The zero-order valence-corrected chi connectivity index (χ0v) is 11.0. The van der Waals surface area contributed by atoms with E-state index >= 15 is 0 Å². The van der Waals surface area contributed by atoms with Crippen molar-refractivity contribution in [3.05, 3.63) is 11.1 Å². The highest BCUT2D eigenvalue weighted by molar-refractivity contribution is 7.15. The van der Waals surface area contributed by atoms with Crippen molar-refractivity contribution in [2.45, 2.75) is 45.7 Å². The topological polar surface area (TPSA) is 28.2 Å². The van der Waals surface area contributed by atoms with Gasteiger partial charge in [0, 0.05) is 30.2 Å². The molecule has 90 valence electrons. The Labute approximate surface area is 102 Å². The summed E-state index contributed by atoms with van der Waals surface area (Å²) in [6, 6.07) is 0.659. The van der Waals surface area contributed by atoms with Crippen molar-refractivity contribution in [1.82, 2.24) is 10.3 Å². The van der Waals surface area contributed by atoms with Crippen LogP contribution in [0.15, 0.2) is 6.20 Å². The van der Waals surface area contributed by atoms with Crippen molar-refractivity contribution in [3.63, 3.8) is 0 Å². The Hall–Kier alpha value is -0.610. The van der Waals surface area contributed by atoms with Crippen molar-refractivity contribution in [3.8, 4) is 0 Å². The predicted molar refractivity (Wildman–Crippen MR) is 70.2 cm³/mol. The molecule has 2 heterocycles. The molecule has 0 aromatic carbocycles. The van der Waals surface area contributed by atoms with Gasteiger partial charge in [0.05, 0.1) is 0 Å². The lowest BCUT2D eigenvalue weighted by Crippen LogP contribution is -2.37. The number of hydrogen-bond acceptors (Lipinski definition) is 4. The number of rotatable bonds is 4. The van der Waals surface area contributed by atoms with Crippen LogP contribution in [0.3, 0.4) is 0 Å². The zero-order valence-electron chi connectivity index (χ0n) is 10.2. The molecule has 1 aromatic rings. The molecule has 16 heavy (non-hydrogen) atoms. The van der Waals surface area contributed by atoms with E-state index in [-0.39, 0.29) is 0 Å². The van der Waals surface area contributed by atoms with Gasteiger partial charge in [0.25, 0.3) is 0 Å². The van der Waals surface area contributed by atoms with E-state index in [4.69, 9.17) is 0 Å². The first-order chi connectivity index (χ1) is 7.81. The summed E-state index contributed by atoms with van der Waals surface area (Å²) in [5.41, 5.74) is 0. The van der Waals surface area contributed by atoms with Crippen LogP contribution in [0.4, 0.5) is 5.13 Å². The van der Waals surface area contributed by atoms with Crippen LogP contribution in [-0.2, 0) is 6.54 Å². The van der Waals surface area contributed by atoms with E-state index in [0.717, 1.165) is 13.1 Å². The van der Waals surface area contributed by atoms with Crippen LogP contribution in [-0.4, -0.2) is 24.1 Å². The number of hydrogen-bond donors (Lipinski definition) is 1. The van der Waals surface area contributed by atoms with E-state index in [9.17, 15) is 0 Å². The van der Waals surface area contributed by atoms with E-state index in [0.29, 0.717) is 6.04 Å². The molecular weight excluding hydrogens is 218 g/mol. The van der Waals surface area contributed by atoms with E-state index in [1.807, 2.05) is 17.5 Å². The van der Waals surface area contributed by atoms with Crippen molar-refractivity contribution < 1.29 is 0 Å². The second kappa shape index (κ2) is 5.64. The maximum Gasteiger partial charge on any atom is 0.185 e. The molecule has 0 spiro atoms. The molecule has 3 nitrogen and oxygen atoms in total. The summed E-state index contributed by atoms with van der Waals surface area (Å²) in [5.74, 6) is 0. The molecule has 0 amide bonds. The van der Waals surface area contributed by atoms with Crippen LogP contribution in [0.1, 0.15) is 38.0 Å². The molecule has 1 aliphatic rings. The summed E-state index contributed by atoms with van der Waals surface area (Å²) in [4.78, 5) is 8.35. The van der Waals surface area contributed by atoms with E-state index < -0.39 is 0 Å². The summed E-state index contributed by atoms with van der Waals surface area (Å²) in [6.07, 6.45) is 6.01. The van der Waals surface area contributed by atoms with Crippen LogP contribution in [0.5, 0.6) is 0 Å². The van der Waals surface area contributed by atoms with Gasteiger partial charge >= 0.3 is 0 Å². The quantitative estimate of drug-likeness (QED) is 0.875. The lowest BCUT2D eigenvalue weighted by Gasteiger charge is -2.33. The Morgan fingerprint density at radius 2 is 2.44 bits per heavy atom. The molecule has 1 unspecified atom stereocenters. The largest absolute Gasteiger partial charge is 0.345 e. The van der Waals surface area contributed by atoms with Crippen LogP contribution >= 0.6 is 11.3 Å². The molecule has 4 heteroatoms. The third-order valence-electron chi connectivity index (χ3n) is 3.14. The second-order valence-corrected chi connectivity index (χ2v) is 5.52. The van der Waals surface area contributed by atoms with Gasteiger partial charge in [0.1, 0.15) is 0 Å². The number of nitrogens with zero attached hydrogens (tertiary/aromatic N) is 2. The van der Waals surface area contributed by atoms with Crippen molar-refractivity contribution >= 4 is 16.5 Å². The Morgan fingerprint density at radius 1 is 1.56 bits per heavy atom. The fraction of sp³-hybridized carbons (Fsp3) is 0.750. The minimum atomic E-state index is 0.659. The smallest absolute Gasteiger partial charge is 0.185 e. The van der Waals surface area contributed by atoms with Crippen LogP contribution in [0, 0.1) is 0 Å². The monoisotopic (exact) mass is 239 g/mol. The Kier molecular flexibility index (Phi) is 4.18. The molecule has 0 bridgehead atoms. The summed E-state index contributed by atoms with van der Waals surface area (Å²) in [5, 5.41) is 4.55. The highest BCUT2D eigenvalue weighted by Gasteiger charge is 2.20. The summed E-state index contributed by atoms with van der Waals surface area (Å²) in [7, 11) is 0. The van der Waals surface area contributed by atoms with Gasteiger partial charge in [-0.1, -0.05) is 6.92 Å². The first kappa shape index (κ1) is 11.9. The first-order valence-corrected chi connectivity index (χ1v) is 7.05. The van der Waals surface area contributed by atoms with Gasteiger partial charge in [-0.25, -0.2) is 4.98 Å². The zero-order chi connectivity index (χ0) is 11.4. The minimum absolute atomic E-state index is 0.659. The van der Waals surface area contributed by atoms with Gasteiger partial charge in [-0.05, 0) is 32.7 Å². The van der Waals surface area contributed by atoms with Gasteiger partial charge < -0.3 is 10.2 Å². The molecule has 0 aliphatic carbocycles. The SMILES string of the molecule is CCNCc1cnc(N2CCCCC2C)s1. The minimum Gasteiger partial charge on any atom is -0.345 e. The Bertz CT molecular complexity index is 324. The van der Waals surface area contributed by atoms with Gasteiger partial charge in [0.2, 0.25) is 0 Å². The number of piperidine rings is 1. The number of thiazole rings is 1. The number of anilines is 1. The van der Waals surface area contributed by atoms with Crippen molar-refractivity contribution in [2.24, 2.45) is 0 Å².